The lowest BCUT2D eigenvalue weighted by molar-refractivity contribution is -0.118. The van der Waals surface area contributed by atoms with Crippen molar-refractivity contribution in [2.24, 2.45) is 0 Å². The summed E-state index contributed by atoms with van der Waals surface area (Å²) in [6.45, 7) is 1.37. The number of anilines is 1. The molecule has 4 nitrogen and oxygen atoms in total. The van der Waals surface area contributed by atoms with E-state index in [1.54, 1.807) is 16.7 Å². The normalized spacial score (nSPS) is 11.3. The van der Waals surface area contributed by atoms with Gasteiger partial charge in [0, 0.05) is 40.2 Å². The van der Waals surface area contributed by atoms with E-state index in [4.69, 9.17) is 23.2 Å². The maximum atomic E-state index is 13.0. The van der Waals surface area contributed by atoms with Crippen LogP contribution in [0.4, 0.5) is 5.13 Å². The Labute approximate surface area is 183 Å². The third-order valence-electron chi connectivity index (χ3n) is 4.04. The van der Waals surface area contributed by atoms with Crippen molar-refractivity contribution >= 4 is 67.6 Å². The molecule has 0 radical (unpaired) electrons. The predicted molar refractivity (Wildman–Crippen MR) is 122 cm³/mol. The largest absolute Gasteiger partial charge is 0.308 e. The van der Waals surface area contributed by atoms with E-state index < -0.39 is 0 Å². The highest BCUT2D eigenvalue weighted by atomic mass is 35.5. The number of likely N-dealkylation sites (N-methyl/N-ethyl adjacent to an activating group) is 1. The molecule has 0 atom stereocenters. The molecule has 8 heteroatoms. The van der Waals surface area contributed by atoms with Gasteiger partial charge in [0.05, 0.1) is 10.2 Å². The second-order valence-corrected chi connectivity index (χ2v) is 9.56. The minimum Gasteiger partial charge on any atom is -0.308 e. The number of benzene rings is 2. The van der Waals surface area contributed by atoms with E-state index in [9.17, 15) is 4.79 Å². The minimum absolute atomic E-state index is 0.0773. The Morgan fingerprint density at radius 1 is 1.07 bits per heavy atom. The highest BCUT2D eigenvalue weighted by Gasteiger charge is 2.20. The SMILES string of the molecule is CN(C)CCN(C(=O)CCSc1ccc(Cl)cc1)c1nc2ccc(Cl)cc2s1. The summed E-state index contributed by atoms with van der Waals surface area (Å²) in [6.07, 6.45) is 0.442. The maximum absolute atomic E-state index is 13.0. The van der Waals surface area contributed by atoms with Gasteiger partial charge in [-0.3, -0.25) is 9.69 Å². The van der Waals surface area contributed by atoms with Crippen LogP contribution in [-0.2, 0) is 4.79 Å². The van der Waals surface area contributed by atoms with E-state index in [0.29, 0.717) is 28.8 Å². The highest BCUT2D eigenvalue weighted by Crippen LogP contribution is 2.31. The Kier molecular flexibility index (Phi) is 7.60. The zero-order valence-corrected chi connectivity index (χ0v) is 18.8. The molecule has 28 heavy (non-hydrogen) atoms. The predicted octanol–water partition coefficient (Wildman–Crippen LogP) is 5.68. The topological polar surface area (TPSA) is 36.4 Å². The lowest BCUT2D eigenvalue weighted by Gasteiger charge is -2.22. The molecule has 0 bridgehead atoms. The van der Waals surface area contributed by atoms with Gasteiger partial charge in [-0.25, -0.2) is 4.98 Å². The summed E-state index contributed by atoms with van der Waals surface area (Å²) in [5.74, 6) is 0.781. The van der Waals surface area contributed by atoms with E-state index in [0.717, 1.165) is 26.8 Å². The minimum atomic E-state index is 0.0773. The van der Waals surface area contributed by atoms with Crippen molar-refractivity contribution in [1.82, 2.24) is 9.88 Å². The quantitative estimate of drug-likeness (QED) is 0.411. The van der Waals surface area contributed by atoms with Crippen LogP contribution < -0.4 is 4.90 Å². The molecule has 0 aliphatic rings. The average Bonchev–Trinajstić information content (AvgIpc) is 3.06. The molecule has 1 amide bonds. The molecule has 2 aromatic carbocycles. The molecule has 0 aliphatic heterocycles. The van der Waals surface area contributed by atoms with Crippen LogP contribution in [0.2, 0.25) is 10.0 Å². The Hall–Kier alpha value is -1.31. The van der Waals surface area contributed by atoms with E-state index in [1.165, 1.54) is 11.3 Å². The number of thioether (sulfide) groups is 1. The number of hydrogen-bond acceptors (Lipinski definition) is 5. The van der Waals surface area contributed by atoms with Gasteiger partial charge in [0.2, 0.25) is 5.91 Å². The van der Waals surface area contributed by atoms with Gasteiger partial charge in [0.15, 0.2) is 5.13 Å². The van der Waals surface area contributed by atoms with Gasteiger partial charge in [-0.05, 0) is 56.6 Å². The van der Waals surface area contributed by atoms with Crippen LogP contribution in [0.1, 0.15) is 6.42 Å². The van der Waals surface area contributed by atoms with Crippen molar-refractivity contribution in [1.29, 1.82) is 0 Å². The number of fused-ring (bicyclic) bond motifs is 1. The van der Waals surface area contributed by atoms with Crippen molar-refractivity contribution in [3.63, 3.8) is 0 Å². The third kappa shape index (κ3) is 5.84. The highest BCUT2D eigenvalue weighted by molar-refractivity contribution is 7.99. The molecule has 0 unspecified atom stereocenters. The fourth-order valence-electron chi connectivity index (χ4n) is 2.55. The Bertz CT molecular complexity index is 944. The monoisotopic (exact) mass is 453 g/mol. The van der Waals surface area contributed by atoms with Gasteiger partial charge < -0.3 is 4.90 Å². The summed E-state index contributed by atoms with van der Waals surface area (Å²) in [5, 5.41) is 2.11. The molecule has 3 rings (SSSR count). The molecule has 0 fully saturated rings. The number of hydrogen-bond donors (Lipinski definition) is 0. The van der Waals surface area contributed by atoms with Crippen LogP contribution in [0.15, 0.2) is 47.4 Å². The van der Waals surface area contributed by atoms with Crippen LogP contribution in [0, 0.1) is 0 Å². The number of amides is 1. The average molecular weight is 454 g/mol. The summed E-state index contributed by atoms with van der Waals surface area (Å²) in [6, 6.07) is 13.3. The lowest BCUT2D eigenvalue weighted by atomic mass is 10.3. The summed E-state index contributed by atoms with van der Waals surface area (Å²) in [7, 11) is 3.99. The molecule has 148 valence electrons. The first kappa shape index (κ1) is 21.4. The van der Waals surface area contributed by atoms with Crippen molar-refractivity contribution in [3.05, 3.63) is 52.5 Å². The number of aromatic nitrogens is 1. The van der Waals surface area contributed by atoms with E-state index in [-0.39, 0.29) is 5.91 Å². The molecule has 0 saturated carbocycles. The standard InChI is InChI=1S/C20H21Cl2N3OS2/c1-24(2)10-11-25(20-23-17-8-5-15(22)13-18(17)28-20)19(26)9-12-27-16-6-3-14(21)4-7-16/h3-8,13H,9-12H2,1-2H3. The van der Waals surface area contributed by atoms with Gasteiger partial charge in [0.1, 0.15) is 0 Å². The Morgan fingerprint density at radius 2 is 1.79 bits per heavy atom. The van der Waals surface area contributed by atoms with Crippen molar-refractivity contribution in [2.45, 2.75) is 11.3 Å². The molecular weight excluding hydrogens is 433 g/mol. The molecule has 0 saturated heterocycles. The first-order valence-electron chi connectivity index (χ1n) is 8.82. The molecule has 0 spiro atoms. The number of nitrogens with zero attached hydrogens (tertiary/aromatic N) is 3. The van der Waals surface area contributed by atoms with Gasteiger partial charge >= 0.3 is 0 Å². The van der Waals surface area contributed by atoms with Crippen LogP contribution >= 0.6 is 46.3 Å². The van der Waals surface area contributed by atoms with Crippen molar-refractivity contribution < 1.29 is 4.79 Å². The Balaban J connectivity index is 1.70. The second-order valence-electron chi connectivity index (χ2n) is 6.51. The van der Waals surface area contributed by atoms with Gasteiger partial charge in [-0.2, -0.15) is 0 Å². The van der Waals surface area contributed by atoms with E-state index >= 15 is 0 Å². The van der Waals surface area contributed by atoms with Crippen molar-refractivity contribution in [2.75, 3.05) is 37.8 Å². The lowest BCUT2D eigenvalue weighted by Crippen LogP contribution is -2.36. The number of carbonyl (C=O) groups is 1. The van der Waals surface area contributed by atoms with Crippen LogP contribution in [0.5, 0.6) is 0 Å². The number of rotatable bonds is 8. The van der Waals surface area contributed by atoms with Gasteiger partial charge in [-0.1, -0.05) is 34.5 Å². The van der Waals surface area contributed by atoms with E-state index in [2.05, 4.69) is 9.88 Å². The number of thiazole rings is 1. The van der Waals surface area contributed by atoms with Crippen molar-refractivity contribution in [3.8, 4) is 0 Å². The molecule has 0 N–H and O–H groups in total. The zero-order valence-electron chi connectivity index (χ0n) is 15.7. The van der Waals surface area contributed by atoms with E-state index in [1.807, 2.05) is 56.6 Å². The van der Waals surface area contributed by atoms with Crippen LogP contribution in [0.25, 0.3) is 10.2 Å². The summed E-state index contributed by atoms with van der Waals surface area (Å²) in [5.41, 5.74) is 0.864. The third-order valence-corrected chi connectivity index (χ3v) is 6.58. The smallest absolute Gasteiger partial charge is 0.229 e. The maximum Gasteiger partial charge on any atom is 0.229 e. The first-order valence-corrected chi connectivity index (χ1v) is 11.4. The van der Waals surface area contributed by atoms with Gasteiger partial charge in [0.25, 0.3) is 0 Å². The van der Waals surface area contributed by atoms with Crippen LogP contribution in [-0.4, -0.2) is 48.7 Å². The summed E-state index contributed by atoms with van der Waals surface area (Å²) >= 11 is 15.2. The molecule has 1 aromatic heterocycles. The zero-order chi connectivity index (χ0) is 20.1. The first-order chi connectivity index (χ1) is 13.4. The fraction of sp³-hybridized carbons (Fsp3) is 0.300. The molecule has 3 aromatic rings. The molecule has 0 aliphatic carbocycles. The Morgan fingerprint density at radius 3 is 2.50 bits per heavy atom. The fourth-order valence-corrected chi connectivity index (χ4v) is 4.80. The van der Waals surface area contributed by atoms with Gasteiger partial charge in [-0.15, -0.1) is 11.8 Å². The summed E-state index contributed by atoms with van der Waals surface area (Å²) < 4.78 is 0.987. The molecular formula is C20H21Cl2N3OS2. The summed E-state index contributed by atoms with van der Waals surface area (Å²) in [4.78, 5) is 22.6. The number of halogens is 2. The van der Waals surface area contributed by atoms with Crippen LogP contribution in [0.3, 0.4) is 0 Å². The molecule has 1 heterocycles. The number of carbonyl (C=O) groups excluding carboxylic acids is 1. The second kappa shape index (κ2) is 9.94.